The lowest BCUT2D eigenvalue weighted by molar-refractivity contribution is -0.128. The van der Waals surface area contributed by atoms with Crippen LogP contribution < -0.4 is 0 Å². The molecular formula is C13H14Cl2O3. The van der Waals surface area contributed by atoms with Crippen molar-refractivity contribution in [2.45, 2.75) is 25.7 Å². The number of hydrogen-bond donors (Lipinski definition) is 0. The zero-order valence-corrected chi connectivity index (χ0v) is 11.5. The Labute approximate surface area is 116 Å². The van der Waals surface area contributed by atoms with Crippen LogP contribution in [-0.4, -0.2) is 18.9 Å². The molecule has 0 unspecified atom stereocenters. The largest absolute Gasteiger partial charge is 0.468 e. The van der Waals surface area contributed by atoms with Gasteiger partial charge in [-0.05, 0) is 30.5 Å². The number of carbonyl (C=O) groups excluding carboxylic acids is 2. The summed E-state index contributed by atoms with van der Waals surface area (Å²) < 4.78 is 4.15. The van der Waals surface area contributed by atoms with Crippen molar-refractivity contribution in [3.05, 3.63) is 33.8 Å². The molecule has 0 radical (unpaired) electrons. The van der Waals surface area contributed by atoms with Crippen LogP contribution >= 0.6 is 23.2 Å². The second-order valence-electron chi connectivity index (χ2n) is 3.87. The highest BCUT2D eigenvalue weighted by molar-refractivity contribution is 6.42. The Hall–Kier alpha value is -1.06. The van der Waals surface area contributed by atoms with Gasteiger partial charge in [0.05, 0.1) is 16.7 Å². The molecule has 0 bridgehead atoms. The molecular weight excluding hydrogens is 275 g/mol. The lowest BCUT2D eigenvalue weighted by Crippen LogP contribution is -2.20. The Morgan fingerprint density at radius 2 is 2.00 bits per heavy atom. The number of ether oxygens (including phenoxy) is 1. The quantitative estimate of drug-likeness (QED) is 0.798. The van der Waals surface area contributed by atoms with E-state index in [1.807, 2.05) is 12.1 Å². The van der Waals surface area contributed by atoms with Crippen LogP contribution in [0.5, 0.6) is 0 Å². The molecule has 1 aliphatic rings. The number of carbonyl (C=O) groups is 2. The highest BCUT2D eigenvalue weighted by Gasteiger charge is 2.27. The van der Waals surface area contributed by atoms with Gasteiger partial charge in [-0.25, -0.2) is 0 Å². The van der Waals surface area contributed by atoms with Gasteiger partial charge in [-0.15, -0.1) is 0 Å². The minimum Gasteiger partial charge on any atom is -0.468 e. The van der Waals surface area contributed by atoms with E-state index >= 15 is 0 Å². The second-order valence-corrected chi connectivity index (χ2v) is 4.68. The molecule has 3 nitrogen and oxygen atoms in total. The summed E-state index contributed by atoms with van der Waals surface area (Å²) in [5, 5.41) is 1.13. The van der Waals surface area contributed by atoms with E-state index in [0.29, 0.717) is 47.7 Å². The normalized spacial score (nSPS) is 14.3. The number of halogens is 2. The predicted octanol–water partition coefficient (Wildman–Crippen LogP) is 3.62. The van der Waals surface area contributed by atoms with E-state index in [1.54, 1.807) is 13.0 Å². The van der Waals surface area contributed by atoms with Crippen LogP contribution in [0.1, 0.15) is 31.2 Å². The highest BCUT2D eigenvalue weighted by atomic mass is 35.5. The van der Waals surface area contributed by atoms with E-state index in [2.05, 4.69) is 4.74 Å². The third-order valence-corrected chi connectivity index (χ3v) is 3.34. The van der Waals surface area contributed by atoms with Gasteiger partial charge in [0.1, 0.15) is 5.78 Å². The molecule has 18 heavy (non-hydrogen) atoms. The Morgan fingerprint density at radius 3 is 2.39 bits per heavy atom. The minimum absolute atomic E-state index is 0.330. The summed E-state index contributed by atoms with van der Waals surface area (Å²) in [5.41, 5.74) is 1.12. The lowest BCUT2D eigenvalue weighted by Gasteiger charge is -2.24. The molecule has 0 aliphatic heterocycles. The van der Waals surface area contributed by atoms with Crippen molar-refractivity contribution in [3.63, 3.8) is 0 Å². The van der Waals surface area contributed by atoms with Crippen molar-refractivity contribution in [1.82, 2.24) is 0 Å². The molecule has 0 N–H and O–H groups in total. The van der Waals surface area contributed by atoms with Crippen LogP contribution in [0, 0.1) is 0 Å². The van der Waals surface area contributed by atoms with Crippen LogP contribution in [-0.2, 0) is 14.3 Å². The molecule has 0 atom stereocenters. The fourth-order valence-corrected chi connectivity index (χ4v) is 1.87. The third-order valence-electron chi connectivity index (χ3n) is 2.60. The number of rotatable bonds is 3. The molecule has 0 heterocycles. The van der Waals surface area contributed by atoms with Crippen molar-refractivity contribution < 1.29 is 14.3 Å². The van der Waals surface area contributed by atoms with Crippen LogP contribution in [0.15, 0.2) is 18.2 Å². The van der Waals surface area contributed by atoms with E-state index in [4.69, 9.17) is 23.2 Å². The van der Waals surface area contributed by atoms with Crippen LogP contribution in [0.3, 0.4) is 0 Å². The molecule has 5 heteroatoms. The fraction of sp³-hybridized carbons (Fsp3) is 0.385. The van der Waals surface area contributed by atoms with Crippen LogP contribution in [0.2, 0.25) is 10.0 Å². The summed E-state index contributed by atoms with van der Waals surface area (Å²) in [6.45, 7) is 2.66. The van der Waals surface area contributed by atoms with Gasteiger partial charge in [-0.1, -0.05) is 29.3 Å². The molecule has 0 aromatic heterocycles. The first-order chi connectivity index (χ1) is 8.58. The smallest absolute Gasteiger partial charge is 0.293 e. The maximum absolute atomic E-state index is 10.8. The van der Waals surface area contributed by atoms with Gasteiger partial charge in [0.15, 0.2) is 0 Å². The SMILES string of the molecule is CCOC=O.O=C1CC(c2ccc(Cl)c(Cl)c2)C1. The average Bonchev–Trinajstić information content (AvgIpc) is 2.31. The highest BCUT2D eigenvalue weighted by Crippen LogP contribution is 2.36. The molecule has 98 valence electrons. The number of Topliss-reactive ketones (excluding diaryl/α,β-unsaturated/α-hetero) is 1. The first-order valence-corrected chi connectivity index (χ1v) is 6.36. The topological polar surface area (TPSA) is 43.4 Å². The number of ketones is 1. The van der Waals surface area contributed by atoms with Gasteiger partial charge in [0, 0.05) is 12.8 Å². The molecule has 1 fully saturated rings. The van der Waals surface area contributed by atoms with Crippen LogP contribution in [0.25, 0.3) is 0 Å². The maximum Gasteiger partial charge on any atom is 0.293 e. The Bertz CT molecular complexity index is 424. The molecule has 1 aromatic carbocycles. The van der Waals surface area contributed by atoms with Crippen LogP contribution in [0.4, 0.5) is 0 Å². The Kier molecular flexibility index (Phi) is 6.16. The molecule has 1 aromatic rings. The summed E-state index contributed by atoms with van der Waals surface area (Å²) in [6.07, 6.45) is 1.30. The van der Waals surface area contributed by atoms with Crippen molar-refractivity contribution in [3.8, 4) is 0 Å². The third kappa shape index (κ3) is 4.31. The first kappa shape index (κ1) is 15.0. The Morgan fingerprint density at radius 1 is 1.33 bits per heavy atom. The summed E-state index contributed by atoms with van der Waals surface area (Å²) in [5.74, 6) is 0.693. The van der Waals surface area contributed by atoms with Crippen molar-refractivity contribution >= 4 is 35.5 Å². The first-order valence-electron chi connectivity index (χ1n) is 5.60. The van der Waals surface area contributed by atoms with Crippen molar-refractivity contribution in [2.75, 3.05) is 6.61 Å². The standard InChI is InChI=1S/C10H8Cl2O.C3H6O2/c11-9-2-1-6(5-10(9)12)7-3-8(13)4-7;1-2-5-3-4/h1-2,5,7H,3-4H2;3H,2H2,1H3. The Balaban J connectivity index is 0.000000280. The van der Waals surface area contributed by atoms with E-state index in [0.717, 1.165) is 5.56 Å². The van der Waals surface area contributed by atoms with E-state index in [-0.39, 0.29) is 0 Å². The van der Waals surface area contributed by atoms with Gasteiger partial charge < -0.3 is 4.74 Å². The van der Waals surface area contributed by atoms with Gasteiger partial charge in [-0.3, -0.25) is 9.59 Å². The molecule has 1 aliphatic carbocycles. The summed E-state index contributed by atoms with van der Waals surface area (Å²) in [4.78, 5) is 20.0. The van der Waals surface area contributed by atoms with Crippen molar-refractivity contribution in [1.29, 1.82) is 0 Å². The monoisotopic (exact) mass is 288 g/mol. The molecule has 0 spiro atoms. The van der Waals surface area contributed by atoms with Gasteiger partial charge in [0.2, 0.25) is 0 Å². The minimum atomic E-state index is 0.330. The van der Waals surface area contributed by atoms with E-state index < -0.39 is 0 Å². The summed E-state index contributed by atoms with van der Waals surface area (Å²) in [7, 11) is 0. The number of benzene rings is 1. The van der Waals surface area contributed by atoms with Gasteiger partial charge >= 0.3 is 0 Å². The fourth-order valence-electron chi connectivity index (χ4n) is 1.56. The molecule has 2 rings (SSSR count). The molecule has 0 saturated heterocycles. The maximum atomic E-state index is 10.8. The molecule has 1 saturated carbocycles. The average molecular weight is 289 g/mol. The zero-order valence-electron chi connectivity index (χ0n) is 9.99. The van der Waals surface area contributed by atoms with E-state index in [1.165, 1.54) is 0 Å². The van der Waals surface area contributed by atoms with Gasteiger partial charge in [-0.2, -0.15) is 0 Å². The molecule has 0 amide bonds. The second kappa shape index (κ2) is 7.39. The van der Waals surface area contributed by atoms with E-state index in [9.17, 15) is 9.59 Å². The van der Waals surface area contributed by atoms with Gasteiger partial charge in [0.25, 0.3) is 6.47 Å². The number of hydrogen-bond acceptors (Lipinski definition) is 3. The lowest BCUT2D eigenvalue weighted by atomic mass is 9.79. The van der Waals surface area contributed by atoms with Crippen molar-refractivity contribution in [2.24, 2.45) is 0 Å². The zero-order chi connectivity index (χ0) is 13.5. The predicted molar refractivity (Wildman–Crippen MR) is 71.1 cm³/mol. The summed E-state index contributed by atoms with van der Waals surface area (Å²) in [6, 6.07) is 5.56. The summed E-state index contributed by atoms with van der Waals surface area (Å²) >= 11 is 11.6.